The summed E-state index contributed by atoms with van der Waals surface area (Å²) >= 11 is 0. The minimum absolute atomic E-state index is 0.106. The fourth-order valence-electron chi connectivity index (χ4n) is 0.902. The molecule has 1 aromatic heterocycles. The molecule has 0 aliphatic heterocycles. The average molecular weight is 186 g/mol. The maximum absolute atomic E-state index is 12.3. The molecular weight excluding hydrogens is 179 g/mol. The maximum atomic E-state index is 12.3. The summed E-state index contributed by atoms with van der Waals surface area (Å²) < 4.78 is 36.8. The fourth-order valence-corrected chi connectivity index (χ4v) is 0.902. The SMILES string of the molecule is [CH2]C=Cc1ncccc1C(F)(F)F. The van der Waals surface area contributed by atoms with Gasteiger partial charge >= 0.3 is 6.18 Å². The van der Waals surface area contributed by atoms with Crippen LogP contribution in [0.1, 0.15) is 11.3 Å². The van der Waals surface area contributed by atoms with Gasteiger partial charge in [0.15, 0.2) is 0 Å². The molecule has 0 spiro atoms. The Balaban J connectivity index is 3.20. The van der Waals surface area contributed by atoms with E-state index in [1.807, 2.05) is 0 Å². The molecule has 0 amide bonds. The second-order valence-corrected chi connectivity index (χ2v) is 2.34. The summed E-state index contributed by atoms with van der Waals surface area (Å²) in [4.78, 5) is 3.59. The fraction of sp³-hybridized carbons (Fsp3) is 0.111. The van der Waals surface area contributed by atoms with Crippen molar-refractivity contribution < 1.29 is 13.2 Å². The number of hydrogen-bond acceptors (Lipinski definition) is 1. The van der Waals surface area contributed by atoms with Crippen LogP contribution in [0.15, 0.2) is 24.4 Å². The Bertz CT molecular complexity index is 315. The lowest BCUT2D eigenvalue weighted by molar-refractivity contribution is -0.138. The molecule has 0 saturated carbocycles. The van der Waals surface area contributed by atoms with Crippen molar-refractivity contribution in [2.45, 2.75) is 6.18 Å². The third kappa shape index (κ3) is 2.31. The second-order valence-electron chi connectivity index (χ2n) is 2.34. The summed E-state index contributed by atoms with van der Waals surface area (Å²) in [7, 11) is 0. The van der Waals surface area contributed by atoms with Crippen molar-refractivity contribution >= 4 is 6.08 Å². The molecule has 0 aliphatic rings. The highest BCUT2D eigenvalue weighted by atomic mass is 19.4. The van der Waals surface area contributed by atoms with Crippen molar-refractivity contribution in [2.24, 2.45) is 0 Å². The third-order valence-corrected chi connectivity index (χ3v) is 1.42. The molecule has 1 rings (SSSR count). The van der Waals surface area contributed by atoms with Gasteiger partial charge in [0, 0.05) is 6.20 Å². The van der Waals surface area contributed by atoms with Crippen LogP contribution < -0.4 is 0 Å². The largest absolute Gasteiger partial charge is 0.418 e. The minimum atomic E-state index is -4.36. The van der Waals surface area contributed by atoms with Gasteiger partial charge < -0.3 is 0 Å². The molecule has 1 aromatic rings. The zero-order valence-corrected chi connectivity index (χ0v) is 6.67. The summed E-state index contributed by atoms with van der Waals surface area (Å²) in [5.41, 5.74) is -0.847. The van der Waals surface area contributed by atoms with Crippen LogP contribution in [0, 0.1) is 6.92 Å². The van der Waals surface area contributed by atoms with Gasteiger partial charge in [-0.05, 0) is 25.1 Å². The Morgan fingerprint density at radius 1 is 1.38 bits per heavy atom. The predicted octanol–water partition coefficient (Wildman–Crippen LogP) is 2.95. The molecule has 0 N–H and O–H groups in total. The summed E-state index contributed by atoms with van der Waals surface area (Å²) in [6, 6.07) is 2.24. The molecule has 69 valence electrons. The van der Waals surface area contributed by atoms with E-state index in [1.165, 1.54) is 24.4 Å². The van der Waals surface area contributed by atoms with E-state index in [1.54, 1.807) is 0 Å². The van der Waals surface area contributed by atoms with Crippen molar-refractivity contribution in [2.75, 3.05) is 0 Å². The first-order chi connectivity index (χ1) is 6.05. The van der Waals surface area contributed by atoms with Gasteiger partial charge in [-0.1, -0.05) is 6.08 Å². The zero-order valence-electron chi connectivity index (χ0n) is 6.67. The standard InChI is InChI=1S/C9H7F3N/c1-2-4-8-7(9(10,11)12)5-3-6-13-8/h2-6H,1H2. The topological polar surface area (TPSA) is 12.9 Å². The van der Waals surface area contributed by atoms with E-state index < -0.39 is 11.7 Å². The Morgan fingerprint density at radius 3 is 2.62 bits per heavy atom. The van der Waals surface area contributed by atoms with E-state index in [4.69, 9.17) is 0 Å². The van der Waals surface area contributed by atoms with Crippen LogP contribution in [0.25, 0.3) is 6.08 Å². The van der Waals surface area contributed by atoms with Crippen molar-refractivity contribution in [1.82, 2.24) is 4.98 Å². The molecule has 13 heavy (non-hydrogen) atoms. The van der Waals surface area contributed by atoms with Gasteiger partial charge in [0.25, 0.3) is 0 Å². The number of pyridine rings is 1. The van der Waals surface area contributed by atoms with E-state index in [0.717, 1.165) is 6.07 Å². The Hall–Kier alpha value is -1.32. The molecule has 0 aromatic carbocycles. The number of allylic oxidation sites excluding steroid dienone is 1. The molecule has 0 aliphatic carbocycles. The Labute approximate surface area is 73.9 Å². The highest BCUT2D eigenvalue weighted by Gasteiger charge is 2.32. The van der Waals surface area contributed by atoms with Gasteiger partial charge in [-0.3, -0.25) is 4.98 Å². The van der Waals surface area contributed by atoms with E-state index in [2.05, 4.69) is 11.9 Å². The van der Waals surface area contributed by atoms with Crippen LogP contribution in [0.3, 0.4) is 0 Å². The Morgan fingerprint density at radius 2 is 2.08 bits per heavy atom. The lowest BCUT2D eigenvalue weighted by Gasteiger charge is -2.08. The summed E-state index contributed by atoms with van der Waals surface area (Å²) in [6.45, 7) is 3.32. The number of nitrogens with zero attached hydrogens (tertiary/aromatic N) is 1. The minimum Gasteiger partial charge on any atom is -0.256 e. The van der Waals surface area contributed by atoms with Crippen molar-refractivity contribution in [3.8, 4) is 0 Å². The van der Waals surface area contributed by atoms with Crippen LogP contribution in [0.5, 0.6) is 0 Å². The van der Waals surface area contributed by atoms with Crippen LogP contribution in [-0.2, 0) is 6.18 Å². The Kier molecular flexibility index (Phi) is 2.70. The van der Waals surface area contributed by atoms with Gasteiger partial charge in [-0.15, -0.1) is 0 Å². The molecule has 0 unspecified atom stereocenters. The number of rotatable bonds is 1. The first-order valence-electron chi connectivity index (χ1n) is 3.53. The predicted molar refractivity (Wildman–Crippen MR) is 43.6 cm³/mol. The van der Waals surface area contributed by atoms with Crippen molar-refractivity contribution in [1.29, 1.82) is 0 Å². The highest BCUT2D eigenvalue weighted by Crippen LogP contribution is 2.31. The molecule has 0 fully saturated rings. The smallest absolute Gasteiger partial charge is 0.256 e. The molecule has 1 heterocycles. The maximum Gasteiger partial charge on any atom is 0.418 e. The molecular formula is C9H7F3N. The van der Waals surface area contributed by atoms with Crippen LogP contribution in [-0.4, -0.2) is 4.98 Å². The molecule has 1 nitrogen and oxygen atoms in total. The normalized spacial score (nSPS) is 12.3. The van der Waals surface area contributed by atoms with E-state index >= 15 is 0 Å². The summed E-state index contributed by atoms with van der Waals surface area (Å²) in [5, 5.41) is 0. The average Bonchev–Trinajstić information content (AvgIpc) is 2.04. The highest BCUT2D eigenvalue weighted by molar-refractivity contribution is 5.50. The van der Waals surface area contributed by atoms with Crippen molar-refractivity contribution in [3.63, 3.8) is 0 Å². The van der Waals surface area contributed by atoms with Gasteiger partial charge in [0.2, 0.25) is 0 Å². The molecule has 1 radical (unpaired) electrons. The van der Waals surface area contributed by atoms with Gasteiger partial charge in [-0.2, -0.15) is 13.2 Å². The number of hydrogen-bond donors (Lipinski definition) is 0. The zero-order chi connectivity index (χ0) is 9.90. The van der Waals surface area contributed by atoms with Gasteiger partial charge in [-0.25, -0.2) is 0 Å². The molecule has 4 heteroatoms. The summed E-state index contributed by atoms with van der Waals surface area (Å²) in [6.07, 6.45) is -0.548. The van der Waals surface area contributed by atoms with E-state index in [-0.39, 0.29) is 5.69 Å². The van der Waals surface area contributed by atoms with Gasteiger partial charge in [0.1, 0.15) is 0 Å². The monoisotopic (exact) mass is 186 g/mol. The first-order valence-corrected chi connectivity index (χ1v) is 3.53. The lowest BCUT2D eigenvalue weighted by atomic mass is 10.2. The quantitative estimate of drug-likeness (QED) is 0.657. The number of aromatic nitrogens is 1. The van der Waals surface area contributed by atoms with Crippen LogP contribution in [0.4, 0.5) is 13.2 Å². The van der Waals surface area contributed by atoms with E-state index in [0.29, 0.717) is 0 Å². The molecule has 0 saturated heterocycles. The van der Waals surface area contributed by atoms with Crippen LogP contribution >= 0.6 is 0 Å². The number of alkyl halides is 3. The first kappa shape index (κ1) is 9.77. The van der Waals surface area contributed by atoms with Crippen molar-refractivity contribution in [3.05, 3.63) is 42.6 Å². The molecule has 0 bridgehead atoms. The third-order valence-electron chi connectivity index (χ3n) is 1.42. The number of halogens is 3. The second kappa shape index (κ2) is 3.60. The van der Waals surface area contributed by atoms with E-state index in [9.17, 15) is 13.2 Å². The lowest BCUT2D eigenvalue weighted by Crippen LogP contribution is -2.08. The van der Waals surface area contributed by atoms with Gasteiger partial charge in [0.05, 0.1) is 11.3 Å². The van der Waals surface area contributed by atoms with Crippen LogP contribution in [0.2, 0.25) is 0 Å². The summed E-state index contributed by atoms with van der Waals surface area (Å²) in [5.74, 6) is 0. The molecule has 0 atom stereocenters.